The summed E-state index contributed by atoms with van der Waals surface area (Å²) >= 11 is 0. The number of aliphatic imine (C=N–C) groups is 1. The Bertz CT molecular complexity index is 704. The fraction of sp³-hybridized carbons (Fsp3) is 0.350. The van der Waals surface area contributed by atoms with Crippen LogP contribution in [-0.2, 0) is 13.1 Å². The van der Waals surface area contributed by atoms with E-state index in [4.69, 9.17) is 4.74 Å². The maximum Gasteiger partial charge on any atom is 0.191 e. The zero-order valence-electron chi connectivity index (χ0n) is 16.0. The van der Waals surface area contributed by atoms with Gasteiger partial charge in [-0.2, -0.15) is 0 Å². The summed E-state index contributed by atoms with van der Waals surface area (Å²) in [5, 5.41) is 6.65. The molecule has 0 saturated carbocycles. The van der Waals surface area contributed by atoms with Crippen molar-refractivity contribution < 1.29 is 4.74 Å². The molecule has 142 valence electrons. The Morgan fingerprint density at radius 3 is 2.54 bits per heavy atom. The van der Waals surface area contributed by atoms with E-state index in [0.717, 1.165) is 23.8 Å². The van der Waals surface area contributed by atoms with Gasteiger partial charge in [0.2, 0.25) is 0 Å². The number of rotatable bonds is 7. The van der Waals surface area contributed by atoms with Gasteiger partial charge in [0.1, 0.15) is 5.75 Å². The van der Waals surface area contributed by atoms with Crippen LogP contribution in [0.25, 0.3) is 0 Å². The number of nitrogens with zero attached hydrogens (tertiary/aromatic N) is 2. The van der Waals surface area contributed by atoms with Crippen LogP contribution in [0.1, 0.15) is 18.1 Å². The number of guanidine groups is 1. The van der Waals surface area contributed by atoms with Crippen molar-refractivity contribution in [1.82, 2.24) is 10.6 Å². The Balaban J connectivity index is 0.00000338. The lowest BCUT2D eigenvalue weighted by Gasteiger charge is -2.14. The van der Waals surface area contributed by atoms with Crippen molar-refractivity contribution in [3.8, 4) is 5.75 Å². The van der Waals surface area contributed by atoms with E-state index in [1.54, 1.807) is 7.11 Å². The molecule has 5 nitrogen and oxygen atoms in total. The van der Waals surface area contributed by atoms with Crippen molar-refractivity contribution in [3.63, 3.8) is 0 Å². The highest BCUT2D eigenvalue weighted by Gasteiger charge is 2.04. The SMILES string of the molecule is CCNC(=NCc1cccc(N(C)C)c1)NCc1ccccc1OC.I. The molecule has 2 N–H and O–H groups in total. The minimum atomic E-state index is 0. The van der Waals surface area contributed by atoms with E-state index in [0.29, 0.717) is 13.1 Å². The molecular weight excluding hydrogens is 439 g/mol. The number of halogens is 1. The zero-order valence-corrected chi connectivity index (χ0v) is 18.3. The number of benzene rings is 2. The van der Waals surface area contributed by atoms with Gasteiger partial charge in [-0.1, -0.05) is 30.3 Å². The summed E-state index contributed by atoms with van der Waals surface area (Å²) < 4.78 is 5.40. The standard InChI is InChI=1S/C20H28N4O.HI/c1-5-21-20(23-15-17-10-6-7-12-19(17)25-4)22-14-16-9-8-11-18(13-16)24(2)3;/h6-13H,5,14-15H2,1-4H3,(H2,21,22,23);1H. The molecule has 0 unspecified atom stereocenters. The van der Waals surface area contributed by atoms with Crippen LogP contribution in [-0.4, -0.2) is 33.7 Å². The molecule has 0 heterocycles. The van der Waals surface area contributed by atoms with Gasteiger partial charge in [-0.25, -0.2) is 4.99 Å². The van der Waals surface area contributed by atoms with Gasteiger partial charge in [0, 0.05) is 38.4 Å². The molecule has 0 atom stereocenters. The van der Waals surface area contributed by atoms with Gasteiger partial charge < -0.3 is 20.3 Å². The highest BCUT2D eigenvalue weighted by Crippen LogP contribution is 2.17. The molecule has 2 aromatic rings. The zero-order chi connectivity index (χ0) is 18.1. The van der Waals surface area contributed by atoms with Crippen molar-refractivity contribution in [1.29, 1.82) is 0 Å². The Morgan fingerprint density at radius 1 is 1.08 bits per heavy atom. The Labute approximate surface area is 173 Å². The lowest BCUT2D eigenvalue weighted by molar-refractivity contribution is 0.409. The number of para-hydroxylation sites is 1. The summed E-state index contributed by atoms with van der Waals surface area (Å²) in [6.07, 6.45) is 0. The molecule has 0 saturated heterocycles. The molecule has 0 spiro atoms. The van der Waals surface area contributed by atoms with Crippen molar-refractivity contribution >= 4 is 35.6 Å². The summed E-state index contributed by atoms with van der Waals surface area (Å²) in [5.74, 6) is 1.67. The number of nitrogens with one attached hydrogen (secondary N) is 2. The maximum absolute atomic E-state index is 5.40. The second kappa shape index (κ2) is 11.6. The lowest BCUT2D eigenvalue weighted by atomic mass is 10.2. The van der Waals surface area contributed by atoms with Crippen molar-refractivity contribution in [2.75, 3.05) is 32.6 Å². The van der Waals surface area contributed by atoms with Crippen molar-refractivity contribution in [3.05, 3.63) is 59.7 Å². The number of ether oxygens (including phenoxy) is 1. The molecule has 0 aliphatic heterocycles. The number of anilines is 1. The molecule has 0 aliphatic carbocycles. The third-order valence-electron chi connectivity index (χ3n) is 3.83. The molecular formula is C20H29IN4O. The van der Waals surface area contributed by atoms with Crippen LogP contribution in [0.2, 0.25) is 0 Å². The molecule has 0 amide bonds. The molecule has 0 aromatic heterocycles. The number of hydrogen-bond acceptors (Lipinski definition) is 3. The van der Waals surface area contributed by atoms with Crippen LogP contribution in [0.4, 0.5) is 5.69 Å². The second-order valence-corrected chi connectivity index (χ2v) is 5.92. The highest BCUT2D eigenvalue weighted by atomic mass is 127. The Morgan fingerprint density at radius 2 is 1.85 bits per heavy atom. The van der Waals surface area contributed by atoms with E-state index in [9.17, 15) is 0 Å². The summed E-state index contributed by atoms with van der Waals surface area (Å²) in [6, 6.07) is 16.4. The van der Waals surface area contributed by atoms with Crippen LogP contribution < -0.4 is 20.3 Å². The monoisotopic (exact) mass is 468 g/mol. The van der Waals surface area contributed by atoms with Crippen molar-refractivity contribution in [2.24, 2.45) is 4.99 Å². The minimum Gasteiger partial charge on any atom is -0.496 e. The predicted molar refractivity (Wildman–Crippen MR) is 121 cm³/mol. The predicted octanol–water partition coefficient (Wildman–Crippen LogP) is 3.63. The van der Waals surface area contributed by atoms with Crippen LogP contribution in [0, 0.1) is 0 Å². The summed E-state index contributed by atoms with van der Waals surface area (Å²) in [7, 11) is 5.78. The van der Waals surface area contributed by atoms with Gasteiger partial charge in [-0.05, 0) is 30.7 Å². The highest BCUT2D eigenvalue weighted by molar-refractivity contribution is 14.0. The minimum absolute atomic E-state index is 0. The van der Waals surface area contributed by atoms with Gasteiger partial charge in [0.25, 0.3) is 0 Å². The van der Waals surface area contributed by atoms with Gasteiger partial charge in [-0.3, -0.25) is 0 Å². The molecule has 2 aromatic carbocycles. The van der Waals surface area contributed by atoms with Crippen LogP contribution in [0.15, 0.2) is 53.5 Å². The Hall–Kier alpha value is -1.96. The molecule has 0 aliphatic rings. The van der Waals surface area contributed by atoms with Crippen molar-refractivity contribution in [2.45, 2.75) is 20.0 Å². The molecule has 6 heteroatoms. The van der Waals surface area contributed by atoms with Gasteiger partial charge in [0.15, 0.2) is 5.96 Å². The van der Waals surface area contributed by atoms with Gasteiger partial charge in [-0.15, -0.1) is 24.0 Å². The lowest BCUT2D eigenvalue weighted by Crippen LogP contribution is -2.36. The molecule has 0 bridgehead atoms. The van der Waals surface area contributed by atoms with Crippen LogP contribution >= 0.6 is 24.0 Å². The third-order valence-corrected chi connectivity index (χ3v) is 3.83. The topological polar surface area (TPSA) is 48.9 Å². The van der Waals surface area contributed by atoms with E-state index >= 15 is 0 Å². The van der Waals surface area contributed by atoms with Gasteiger partial charge in [0.05, 0.1) is 13.7 Å². The molecule has 0 fully saturated rings. The third kappa shape index (κ3) is 6.74. The summed E-state index contributed by atoms with van der Waals surface area (Å²) in [5.41, 5.74) is 3.46. The largest absolute Gasteiger partial charge is 0.496 e. The summed E-state index contributed by atoms with van der Waals surface area (Å²) in [4.78, 5) is 6.79. The quantitative estimate of drug-likeness (QED) is 0.370. The van der Waals surface area contributed by atoms with E-state index in [1.165, 1.54) is 11.3 Å². The fourth-order valence-electron chi connectivity index (χ4n) is 2.47. The van der Waals surface area contributed by atoms with E-state index in [-0.39, 0.29) is 24.0 Å². The number of hydrogen-bond donors (Lipinski definition) is 2. The van der Waals surface area contributed by atoms with Gasteiger partial charge >= 0.3 is 0 Å². The van der Waals surface area contributed by atoms with Crippen LogP contribution in [0.5, 0.6) is 5.75 Å². The first-order valence-electron chi connectivity index (χ1n) is 8.54. The van der Waals surface area contributed by atoms with E-state index in [1.807, 2.05) is 32.3 Å². The molecule has 2 rings (SSSR count). The maximum atomic E-state index is 5.40. The number of methoxy groups -OCH3 is 1. The first-order valence-corrected chi connectivity index (χ1v) is 8.54. The van der Waals surface area contributed by atoms with E-state index < -0.39 is 0 Å². The average Bonchev–Trinajstić information content (AvgIpc) is 2.64. The van der Waals surface area contributed by atoms with E-state index in [2.05, 4.69) is 57.8 Å². The smallest absolute Gasteiger partial charge is 0.191 e. The second-order valence-electron chi connectivity index (χ2n) is 5.92. The molecule has 26 heavy (non-hydrogen) atoms. The van der Waals surface area contributed by atoms with Crippen LogP contribution in [0.3, 0.4) is 0 Å². The average molecular weight is 468 g/mol. The first-order chi connectivity index (χ1) is 12.1. The first kappa shape index (κ1) is 22.1. The normalized spacial score (nSPS) is 10.7. The summed E-state index contributed by atoms with van der Waals surface area (Å²) in [6.45, 7) is 4.17. The Kier molecular flexibility index (Phi) is 9.87. The fourth-order valence-corrected chi connectivity index (χ4v) is 2.47. The molecule has 0 radical (unpaired) electrons.